The Morgan fingerprint density at radius 3 is 2.50 bits per heavy atom. The van der Waals surface area contributed by atoms with Gasteiger partial charge in [0.25, 0.3) is 5.91 Å². The fourth-order valence-electron chi connectivity index (χ4n) is 2.71. The van der Waals surface area contributed by atoms with Gasteiger partial charge in [-0.15, -0.1) is 0 Å². The maximum Gasteiger partial charge on any atom is 0.325 e. The number of carbonyl (C=O) groups excluding carboxylic acids is 2. The molecule has 2 aromatic carbocycles. The summed E-state index contributed by atoms with van der Waals surface area (Å²) in [4.78, 5) is 36.4. The van der Waals surface area contributed by atoms with Crippen molar-refractivity contribution in [1.29, 1.82) is 0 Å². The van der Waals surface area contributed by atoms with E-state index in [0.29, 0.717) is 17.9 Å². The van der Waals surface area contributed by atoms with E-state index in [2.05, 4.69) is 25.6 Å². The minimum atomic E-state index is -0.642. The first-order chi connectivity index (χ1) is 15.4. The number of nitrogens with two attached hydrogens (primary N) is 1. The van der Waals surface area contributed by atoms with Gasteiger partial charge in [-0.25, -0.2) is 0 Å². The number of carbonyl (C=O) groups is 2. The first-order valence-electron chi connectivity index (χ1n) is 9.94. The van der Waals surface area contributed by atoms with Crippen molar-refractivity contribution in [3.8, 4) is 5.75 Å². The van der Waals surface area contributed by atoms with E-state index in [-0.39, 0.29) is 30.9 Å². The smallest absolute Gasteiger partial charge is 0.325 e. The molecule has 3 aromatic rings. The highest BCUT2D eigenvalue weighted by atomic mass is 16.5. The van der Waals surface area contributed by atoms with Gasteiger partial charge in [0.2, 0.25) is 11.9 Å². The van der Waals surface area contributed by atoms with Crippen LogP contribution < -0.4 is 21.1 Å². The molecule has 0 saturated heterocycles. The molecule has 10 nitrogen and oxygen atoms in total. The van der Waals surface area contributed by atoms with Crippen LogP contribution in [-0.2, 0) is 16.1 Å². The molecule has 32 heavy (non-hydrogen) atoms. The van der Waals surface area contributed by atoms with E-state index in [9.17, 15) is 9.59 Å². The van der Waals surface area contributed by atoms with Gasteiger partial charge >= 0.3 is 5.97 Å². The minimum absolute atomic E-state index is 0.00839. The van der Waals surface area contributed by atoms with Crippen molar-refractivity contribution in [2.75, 3.05) is 24.2 Å². The number of hydrogen-bond donors (Lipinski definition) is 3. The molecule has 0 aliphatic carbocycles. The molecule has 0 atom stereocenters. The molecule has 0 spiro atoms. The summed E-state index contributed by atoms with van der Waals surface area (Å²) in [5.74, 6) is 0.0273. The number of anilines is 3. The molecule has 0 fully saturated rings. The fourth-order valence-corrected chi connectivity index (χ4v) is 2.71. The first-order valence-corrected chi connectivity index (χ1v) is 9.94. The SMILES string of the molecule is CCOc1ccc(C(=O)NCC(=O)OCc2nc(N)nc(Nc3ccccc3C)n2)cc1. The highest BCUT2D eigenvalue weighted by Crippen LogP contribution is 2.18. The Bertz CT molecular complexity index is 1090. The molecule has 0 unspecified atom stereocenters. The number of ether oxygens (including phenoxy) is 2. The van der Waals surface area contributed by atoms with Crippen LogP contribution in [0.3, 0.4) is 0 Å². The van der Waals surface area contributed by atoms with Gasteiger partial charge in [0.1, 0.15) is 12.3 Å². The molecule has 4 N–H and O–H groups in total. The van der Waals surface area contributed by atoms with Crippen molar-refractivity contribution >= 4 is 29.5 Å². The standard InChI is InChI=1S/C22H24N6O4/c1-3-31-16-10-8-15(9-11-16)20(30)24-12-19(29)32-13-18-26-21(23)28-22(27-18)25-17-7-5-4-6-14(17)2/h4-11H,3,12-13H2,1-2H3,(H,24,30)(H3,23,25,26,27,28). The molecule has 0 saturated carbocycles. The van der Waals surface area contributed by atoms with Crippen LogP contribution in [-0.4, -0.2) is 40.0 Å². The number of benzene rings is 2. The van der Waals surface area contributed by atoms with E-state index >= 15 is 0 Å². The fraction of sp³-hybridized carbons (Fsp3) is 0.227. The van der Waals surface area contributed by atoms with E-state index < -0.39 is 11.9 Å². The predicted octanol–water partition coefficient (Wildman–Crippen LogP) is 2.38. The first kappa shape index (κ1) is 22.5. The maximum atomic E-state index is 12.2. The van der Waals surface area contributed by atoms with Crippen LogP contribution in [0.25, 0.3) is 0 Å². The lowest BCUT2D eigenvalue weighted by Crippen LogP contribution is -2.30. The van der Waals surface area contributed by atoms with Gasteiger partial charge in [0.15, 0.2) is 12.4 Å². The second kappa shape index (κ2) is 10.7. The second-order valence-electron chi connectivity index (χ2n) is 6.67. The lowest BCUT2D eigenvalue weighted by Gasteiger charge is -2.10. The Morgan fingerprint density at radius 1 is 1.03 bits per heavy atom. The van der Waals surface area contributed by atoms with E-state index in [1.165, 1.54) is 0 Å². The zero-order valence-electron chi connectivity index (χ0n) is 17.8. The molecule has 1 amide bonds. The van der Waals surface area contributed by atoms with Gasteiger partial charge in [-0.1, -0.05) is 18.2 Å². The number of aromatic nitrogens is 3. The van der Waals surface area contributed by atoms with Gasteiger partial charge in [0.05, 0.1) is 6.61 Å². The van der Waals surface area contributed by atoms with Crippen LogP contribution in [0, 0.1) is 6.92 Å². The number of amides is 1. The van der Waals surface area contributed by atoms with E-state index in [1.54, 1.807) is 24.3 Å². The van der Waals surface area contributed by atoms with Crippen molar-refractivity contribution in [2.24, 2.45) is 0 Å². The van der Waals surface area contributed by atoms with Gasteiger partial charge in [-0.3, -0.25) is 9.59 Å². The highest BCUT2D eigenvalue weighted by molar-refractivity contribution is 5.96. The van der Waals surface area contributed by atoms with Crippen LogP contribution in [0.5, 0.6) is 5.75 Å². The number of esters is 1. The summed E-state index contributed by atoms with van der Waals surface area (Å²) in [6.07, 6.45) is 0. The van der Waals surface area contributed by atoms with Gasteiger partial charge < -0.3 is 25.8 Å². The zero-order valence-corrected chi connectivity index (χ0v) is 17.8. The number of hydrogen-bond acceptors (Lipinski definition) is 9. The summed E-state index contributed by atoms with van der Waals surface area (Å²) in [6.45, 7) is 3.83. The average molecular weight is 436 g/mol. The monoisotopic (exact) mass is 436 g/mol. The lowest BCUT2D eigenvalue weighted by atomic mass is 10.2. The molecular formula is C22H24N6O4. The molecule has 3 rings (SSSR count). The number of nitrogens with one attached hydrogen (secondary N) is 2. The highest BCUT2D eigenvalue weighted by Gasteiger charge is 2.12. The average Bonchev–Trinajstić information content (AvgIpc) is 2.78. The topological polar surface area (TPSA) is 141 Å². The van der Waals surface area contributed by atoms with Crippen LogP contribution in [0.2, 0.25) is 0 Å². The third-order valence-corrected chi connectivity index (χ3v) is 4.27. The largest absolute Gasteiger partial charge is 0.494 e. The van der Waals surface area contributed by atoms with E-state index in [4.69, 9.17) is 15.2 Å². The molecule has 166 valence electrons. The van der Waals surface area contributed by atoms with Crippen molar-refractivity contribution in [2.45, 2.75) is 20.5 Å². The van der Waals surface area contributed by atoms with Crippen LogP contribution in [0.4, 0.5) is 17.6 Å². The van der Waals surface area contributed by atoms with Crippen molar-refractivity contribution in [3.05, 3.63) is 65.5 Å². The summed E-state index contributed by atoms with van der Waals surface area (Å²) >= 11 is 0. The quantitative estimate of drug-likeness (QED) is 0.431. The third-order valence-electron chi connectivity index (χ3n) is 4.27. The Kier molecular flexibility index (Phi) is 7.52. The second-order valence-corrected chi connectivity index (χ2v) is 6.67. The minimum Gasteiger partial charge on any atom is -0.494 e. The molecule has 0 radical (unpaired) electrons. The predicted molar refractivity (Wildman–Crippen MR) is 118 cm³/mol. The normalized spacial score (nSPS) is 10.3. The molecule has 10 heteroatoms. The molecule has 0 aliphatic heterocycles. The third kappa shape index (κ3) is 6.39. The number of rotatable bonds is 9. The van der Waals surface area contributed by atoms with Crippen molar-refractivity contribution < 1.29 is 19.1 Å². The molecule has 0 bridgehead atoms. The van der Waals surface area contributed by atoms with E-state index in [1.807, 2.05) is 38.1 Å². The Morgan fingerprint density at radius 2 is 1.78 bits per heavy atom. The molecule has 1 heterocycles. The van der Waals surface area contributed by atoms with Crippen LogP contribution in [0.1, 0.15) is 28.7 Å². The van der Waals surface area contributed by atoms with Crippen LogP contribution >= 0.6 is 0 Å². The van der Waals surface area contributed by atoms with Crippen molar-refractivity contribution in [1.82, 2.24) is 20.3 Å². The zero-order chi connectivity index (χ0) is 22.9. The Hall–Kier alpha value is -4.21. The summed E-state index contributed by atoms with van der Waals surface area (Å²) in [5, 5.41) is 5.57. The Labute approximate surface area is 185 Å². The van der Waals surface area contributed by atoms with Gasteiger partial charge in [-0.05, 0) is 49.7 Å². The lowest BCUT2D eigenvalue weighted by molar-refractivity contribution is -0.143. The molecular weight excluding hydrogens is 412 g/mol. The molecule has 1 aromatic heterocycles. The van der Waals surface area contributed by atoms with Crippen LogP contribution in [0.15, 0.2) is 48.5 Å². The number of nitrogen functional groups attached to an aromatic ring is 1. The Balaban J connectivity index is 1.51. The summed E-state index contributed by atoms with van der Waals surface area (Å²) in [6, 6.07) is 14.2. The molecule has 0 aliphatic rings. The maximum absolute atomic E-state index is 12.2. The van der Waals surface area contributed by atoms with Gasteiger partial charge in [0, 0.05) is 11.3 Å². The number of para-hydroxylation sites is 1. The van der Waals surface area contributed by atoms with E-state index in [0.717, 1.165) is 11.3 Å². The summed E-state index contributed by atoms with van der Waals surface area (Å²) < 4.78 is 10.5. The van der Waals surface area contributed by atoms with Crippen molar-refractivity contribution in [3.63, 3.8) is 0 Å². The summed E-state index contributed by atoms with van der Waals surface area (Å²) in [5.41, 5.74) is 7.96. The number of nitrogens with zero attached hydrogens (tertiary/aromatic N) is 3. The summed E-state index contributed by atoms with van der Waals surface area (Å²) in [7, 11) is 0. The van der Waals surface area contributed by atoms with Gasteiger partial charge in [-0.2, -0.15) is 15.0 Å². The number of aryl methyl sites for hydroxylation is 1.